The molecule has 1 fully saturated rings. The first kappa shape index (κ1) is 16.7. The van der Waals surface area contributed by atoms with E-state index in [4.69, 9.17) is 4.74 Å². The zero-order chi connectivity index (χ0) is 18.1. The van der Waals surface area contributed by atoms with Gasteiger partial charge in [-0.15, -0.1) is 0 Å². The molecule has 0 unspecified atom stereocenters. The van der Waals surface area contributed by atoms with Crippen molar-refractivity contribution in [2.45, 2.75) is 31.9 Å². The van der Waals surface area contributed by atoms with Gasteiger partial charge in [-0.2, -0.15) is 5.10 Å². The Morgan fingerprint density at radius 2 is 1.78 bits per heavy atom. The minimum Gasteiger partial charge on any atom is -0.377 e. The van der Waals surface area contributed by atoms with Crippen molar-refractivity contribution in [1.29, 1.82) is 0 Å². The van der Waals surface area contributed by atoms with Crippen molar-refractivity contribution < 1.29 is 4.74 Å². The summed E-state index contributed by atoms with van der Waals surface area (Å²) >= 11 is 0. The molecule has 4 heteroatoms. The van der Waals surface area contributed by atoms with Crippen LogP contribution in [-0.4, -0.2) is 40.9 Å². The van der Waals surface area contributed by atoms with E-state index in [0.29, 0.717) is 6.10 Å². The van der Waals surface area contributed by atoms with E-state index >= 15 is 0 Å². The molecule has 3 heterocycles. The first-order chi connectivity index (χ1) is 13.4. The van der Waals surface area contributed by atoms with Crippen LogP contribution in [0.4, 0.5) is 0 Å². The Morgan fingerprint density at radius 3 is 2.56 bits per heavy atom. The van der Waals surface area contributed by atoms with Crippen LogP contribution in [0.3, 0.4) is 0 Å². The number of ether oxygens (including phenoxy) is 1. The Bertz CT molecular complexity index is 895. The summed E-state index contributed by atoms with van der Waals surface area (Å²) < 4.78 is 5.83. The van der Waals surface area contributed by atoms with Crippen molar-refractivity contribution in [3.8, 4) is 22.4 Å². The molecule has 27 heavy (non-hydrogen) atoms. The Kier molecular flexibility index (Phi) is 4.52. The third-order valence-corrected chi connectivity index (χ3v) is 5.76. The van der Waals surface area contributed by atoms with Crippen LogP contribution in [0, 0.1) is 0 Å². The minimum absolute atomic E-state index is 0.409. The molecule has 5 rings (SSSR count). The van der Waals surface area contributed by atoms with Crippen molar-refractivity contribution in [3.05, 3.63) is 65.9 Å². The predicted octanol–water partition coefficient (Wildman–Crippen LogP) is 4.28. The second-order valence-electron chi connectivity index (χ2n) is 7.59. The summed E-state index contributed by atoms with van der Waals surface area (Å²) in [5, 5.41) is 7.93. The average molecular weight is 359 g/mol. The van der Waals surface area contributed by atoms with Gasteiger partial charge >= 0.3 is 0 Å². The van der Waals surface area contributed by atoms with E-state index in [9.17, 15) is 0 Å². The van der Waals surface area contributed by atoms with Gasteiger partial charge in [0, 0.05) is 49.5 Å². The third-order valence-electron chi connectivity index (χ3n) is 5.76. The Balaban J connectivity index is 1.37. The molecule has 0 radical (unpaired) electrons. The minimum atomic E-state index is 0.409. The van der Waals surface area contributed by atoms with Gasteiger partial charge < -0.3 is 4.74 Å². The van der Waals surface area contributed by atoms with Gasteiger partial charge in [-0.05, 0) is 24.0 Å². The van der Waals surface area contributed by atoms with Crippen LogP contribution < -0.4 is 0 Å². The second kappa shape index (κ2) is 7.29. The molecule has 2 aromatic carbocycles. The fraction of sp³-hybridized carbons (Fsp3) is 0.348. The van der Waals surface area contributed by atoms with Crippen molar-refractivity contribution in [2.75, 3.05) is 19.7 Å². The summed E-state index contributed by atoms with van der Waals surface area (Å²) in [5.41, 5.74) is 7.42. The lowest BCUT2D eigenvalue weighted by molar-refractivity contribution is 0.0687. The first-order valence-corrected chi connectivity index (χ1v) is 9.93. The summed E-state index contributed by atoms with van der Waals surface area (Å²) in [6, 6.07) is 19.3. The second-order valence-corrected chi connectivity index (χ2v) is 7.59. The van der Waals surface area contributed by atoms with Crippen LogP contribution in [0.5, 0.6) is 0 Å². The summed E-state index contributed by atoms with van der Waals surface area (Å²) in [4.78, 5) is 2.52. The molecule has 3 aromatic rings. The van der Waals surface area contributed by atoms with Gasteiger partial charge in [0.25, 0.3) is 0 Å². The number of hydrogen-bond donors (Lipinski definition) is 1. The number of nitrogens with one attached hydrogen (secondary N) is 1. The van der Waals surface area contributed by atoms with Crippen LogP contribution in [0.25, 0.3) is 22.4 Å². The van der Waals surface area contributed by atoms with Crippen molar-refractivity contribution in [3.63, 3.8) is 0 Å². The fourth-order valence-electron chi connectivity index (χ4n) is 4.27. The van der Waals surface area contributed by atoms with Gasteiger partial charge in [0.05, 0.1) is 11.8 Å². The monoisotopic (exact) mass is 359 g/mol. The molecule has 0 aliphatic carbocycles. The third kappa shape index (κ3) is 3.43. The quantitative estimate of drug-likeness (QED) is 0.756. The normalized spacial score (nSPS) is 19.9. The Morgan fingerprint density at radius 1 is 1.00 bits per heavy atom. The SMILES string of the molecule is c1ccc(-c2ccc(-c3n[nH]c4c3CN(C[C@H]3CCCO3)CC4)cc2)cc1. The summed E-state index contributed by atoms with van der Waals surface area (Å²) in [5.74, 6) is 0. The Hall–Kier alpha value is -2.43. The lowest BCUT2D eigenvalue weighted by Gasteiger charge is -2.29. The van der Waals surface area contributed by atoms with E-state index in [1.54, 1.807) is 0 Å². The molecule has 0 saturated carbocycles. The zero-order valence-electron chi connectivity index (χ0n) is 15.5. The lowest BCUT2D eigenvalue weighted by Crippen LogP contribution is -2.36. The van der Waals surface area contributed by atoms with Crippen LogP contribution in [0.1, 0.15) is 24.1 Å². The molecular formula is C23H25N3O. The summed E-state index contributed by atoms with van der Waals surface area (Å²) in [6.07, 6.45) is 3.85. The lowest BCUT2D eigenvalue weighted by atomic mass is 9.98. The highest BCUT2D eigenvalue weighted by atomic mass is 16.5. The standard InChI is InChI=1S/C23H25N3O/c1-2-5-17(6-3-1)18-8-10-19(11-9-18)23-21-16-26(13-12-22(21)24-25-23)15-20-7-4-14-27-20/h1-3,5-6,8-11,20H,4,7,12-16H2,(H,24,25)/t20-/m1/s1. The van der Waals surface area contributed by atoms with Gasteiger partial charge in [0.2, 0.25) is 0 Å². The van der Waals surface area contributed by atoms with Gasteiger partial charge in [-0.1, -0.05) is 54.6 Å². The smallest absolute Gasteiger partial charge is 0.0968 e. The van der Waals surface area contributed by atoms with Crippen LogP contribution in [0.15, 0.2) is 54.6 Å². The largest absolute Gasteiger partial charge is 0.377 e. The van der Waals surface area contributed by atoms with Crippen molar-refractivity contribution in [2.24, 2.45) is 0 Å². The van der Waals surface area contributed by atoms with Crippen molar-refractivity contribution >= 4 is 0 Å². The highest BCUT2D eigenvalue weighted by Crippen LogP contribution is 2.30. The molecule has 0 spiro atoms. The number of fused-ring (bicyclic) bond motifs is 1. The zero-order valence-corrected chi connectivity index (χ0v) is 15.5. The first-order valence-electron chi connectivity index (χ1n) is 9.93. The van der Waals surface area contributed by atoms with Crippen molar-refractivity contribution in [1.82, 2.24) is 15.1 Å². The fourth-order valence-corrected chi connectivity index (χ4v) is 4.27. The van der Waals surface area contributed by atoms with E-state index in [2.05, 4.69) is 69.7 Å². The molecular weight excluding hydrogens is 334 g/mol. The number of hydrogen-bond acceptors (Lipinski definition) is 3. The molecule has 2 aliphatic heterocycles. The molecule has 1 atom stereocenters. The molecule has 0 amide bonds. The summed E-state index contributed by atoms with van der Waals surface area (Å²) in [6.45, 7) is 4.01. The number of nitrogens with zero attached hydrogens (tertiary/aromatic N) is 2. The van der Waals surface area contributed by atoms with E-state index in [1.165, 1.54) is 40.8 Å². The highest BCUT2D eigenvalue weighted by Gasteiger charge is 2.26. The maximum atomic E-state index is 5.83. The van der Waals surface area contributed by atoms with Gasteiger partial charge in [0.1, 0.15) is 0 Å². The van der Waals surface area contributed by atoms with Crippen LogP contribution in [0.2, 0.25) is 0 Å². The van der Waals surface area contributed by atoms with Crippen LogP contribution in [-0.2, 0) is 17.7 Å². The average Bonchev–Trinajstić information content (AvgIpc) is 3.38. The highest BCUT2D eigenvalue weighted by molar-refractivity contribution is 5.70. The maximum Gasteiger partial charge on any atom is 0.0968 e. The van der Waals surface area contributed by atoms with E-state index in [1.807, 2.05) is 0 Å². The molecule has 1 aromatic heterocycles. The van der Waals surface area contributed by atoms with Crippen LogP contribution >= 0.6 is 0 Å². The molecule has 4 nitrogen and oxygen atoms in total. The topological polar surface area (TPSA) is 41.2 Å². The predicted molar refractivity (Wildman–Crippen MR) is 107 cm³/mol. The number of rotatable bonds is 4. The van der Waals surface area contributed by atoms with E-state index < -0.39 is 0 Å². The number of aromatic amines is 1. The molecule has 1 saturated heterocycles. The van der Waals surface area contributed by atoms with Gasteiger partial charge in [-0.25, -0.2) is 0 Å². The molecule has 1 N–H and O–H groups in total. The summed E-state index contributed by atoms with van der Waals surface area (Å²) in [7, 11) is 0. The Labute approximate surface area is 160 Å². The van der Waals surface area contributed by atoms with E-state index in [-0.39, 0.29) is 0 Å². The molecule has 2 aliphatic rings. The van der Waals surface area contributed by atoms with Gasteiger partial charge in [0.15, 0.2) is 0 Å². The molecule has 0 bridgehead atoms. The molecule has 138 valence electrons. The number of H-pyrrole nitrogens is 1. The van der Waals surface area contributed by atoms with E-state index in [0.717, 1.165) is 38.4 Å². The number of benzene rings is 2. The maximum absolute atomic E-state index is 5.83. The van der Waals surface area contributed by atoms with Gasteiger partial charge in [-0.3, -0.25) is 10.00 Å². The number of aromatic nitrogens is 2.